The van der Waals surface area contributed by atoms with Crippen LogP contribution in [0.2, 0.25) is 0 Å². The Bertz CT molecular complexity index is 651. The van der Waals surface area contributed by atoms with Crippen LogP contribution in [0.15, 0.2) is 42.5 Å². The molecule has 1 aliphatic carbocycles. The van der Waals surface area contributed by atoms with Gasteiger partial charge in [0.2, 0.25) is 0 Å². The van der Waals surface area contributed by atoms with E-state index in [2.05, 4.69) is 35.6 Å². The zero-order valence-electron chi connectivity index (χ0n) is 11.9. The lowest BCUT2D eigenvalue weighted by molar-refractivity contribution is 0.0946. The summed E-state index contributed by atoms with van der Waals surface area (Å²) in [5, 5.41) is 2.99. The van der Waals surface area contributed by atoms with Gasteiger partial charge in [-0.25, -0.2) is 0 Å². The number of fused-ring (bicyclic) bond motifs is 1. The number of carbonyl (C=O) groups excluding carboxylic acids is 1. The van der Waals surface area contributed by atoms with E-state index in [9.17, 15) is 4.79 Å². The summed E-state index contributed by atoms with van der Waals surface area (Å²) in [5.41, 5.74) is 9.57. The van der Waals surface area contributed by atoms with Crippen LogP contribution in [0.5, 0.6) is 0 Å². The summed E-state index contributed by atoms with van der Waals surface area (Å²) in [7, 11) is 0. The maximum Gasteiger partial charge on any atom is 0.254 e. The van der Waals surface area contributed by atoms with E-state index in [-0.39, 0.29) is 5.91 Å². The quantitative estimate of drug-likeness (QED) is 0.849. The van der Waals surface area contributed by atoms with Crippen LogP contribution in [-0.2, 0) is 12.8 Å². The van der Waals surface area contributed by atoms with Crippen LogP contribution in [0.1, 0.15) is 27.9 Å². The summed E-state index contributed by atoms with van der Waals surface area (Å²) >= 11 is 0. The summed E-state index contributed by atoms with van der Waals surface area (Å²) in [6.07, 6.45) is 3.24. The molecule has 3 N–H and O–H groups in total. The van der Waals surface area contributed by atoms with Crippen molar-refractivity contribution < 1.29 is 4.79 Å². The molecule has 0 spiro atoms. The molecule has 0 aromatic heterocycles. The molecule has 1 radical (unpaired) electrons. The Kier molecular flexibility index (Phi) is 3.91. The fraction of sp³-hybridized carbons (Fsp3) is 0.278. The first-order valence-electron chi connectivity index (χ1n) is 7.35. The Morgan fingerprint density at radius 2 is 2.05 bits per heavy atom. The second kappa shape index (κ2) is 6.00. The molecule has 2 aromatic carbocycles. The van der Waals surface area contributed by atoms with E-state index in [1.165, 1.54) is 11.1 Å². The minimum atomic E-state index is -0.132. The van der Waals surface area contributed by atoms with Gasteiger partial charge in [-0.1, -0.05) is 36.4 Å². The molecular formula is C18H19N2O. The first-order chi connectivity index (χ1) is 10.2. The Labute approximate surface area is 125 Å². The second-order valence-electron chi connectivity index (χ2n) is 5.59. The molecule has 0 aliphatic heterocycles. The molecule has 0 saturated carbocycles. The molecule has 3 heteroatoms. The van der Waals surface area contributed by atoms with Crippen molar-refractivity contribution >= 4 is 11.6 Å². The number of anilines is 1. The number of benzene rings is 2. The largest absolute Gasteiger partial charge is 0.398 e. The van der Waals surface area contributed by atoms with Crippen LogP contribution in [0.4, 0.5) is 5.69 Å². The van der Waals surface area contributed by atoms with E-state index in [4.69, 9.17) is 5.73 Å². The Morgan fingerprint density at radius 1 is 1.24 bits per heavy atom. The lowest BCUT2D eigenvalue weighted by Crippen LogP contribution is -2.32. The van der Waals surface area contributed by atoms with E-state index in [0.29, 0.717) is 23.7 Å². The number of carbonyl (C=O) groups is 1. The highest BCUT2D eigenvalue weighted by molar-refractivity contribution is 5.98. The van der Waals surface area contributed by atoms with Crippen LogP contribution in [0.3, 0.4) is 0 Å². The fourth-order valence-electron chi connectivity index (χ4n) is 2.92. The minimum absolute atomic E-state index is 0.132. The molecule has 0 fully saturated rings. The minimum Gasteiger partial charge on any atom is -0.398 e. The second-order valence-corrected chi connectivity index (χ2v) is 5.59. The predicted octanol–water partition coefficient (Wildman–Crippen LogP) is 2.60. The van der Waals surface area contributed by atoms with Crippen molar-refractivity contribution in [1.29, 1.82) is 0 Å². The number of nitrogens with one attached hydrogen (secondary N) is 1. The molecule has 3 nitrogen and oxygen atoms in total. The highest BCUT2D eigenvalue weighted by Crippen LogP contribution is 2.24. The smallest absolute Gasteiger partial charge is 0.254 e. The van der Waals surface area contributed by atoms with Crippen LogP contribution < -0.4 is 11.1 Å². The fourth-order valence-corrected chi connectivity index (χ4v) is 2.92. The lowest BCUT2D eigenvalue weighted by atomic mass is 9.84. The van der Waals surface area contributed by atoms with Gasteiger partial charge in [0, 0.05) is 12.2 Å². The van der Waals surface area contributed by atoms with Crippen LogP contribution in [0.25, 0.3) is 0 Å². The molecule has 1 unspecified atom stereocenters. The van der Waals surface area contributed by atoms with Gasteiger partial charge in [-0.2, -0.15) is 0 Å². The van der Waals surface area contributed by atoms with Crippen molar-refractivity contribution in [2.24, 2.45) is 5.92 Å². The van der Waals surface area contributed by atoms with Gasteiger partial charge in [-0.05, 0) is 48.4 Å². The van der Waals surface area contributed by atoms with Crippen molar-refractivity contribution in [3.05, 3.63) is 65.2 Å². The van der Waals surface area contributed by atoms with Crippen molar-refractivity contribution in [3.8, 4) is 0 Å². The third-order valence-electron chi connectivity index (χ3n) is 4.12. The molecule has 107 valence electrons. The Hall–Kier alpha value is -2.29. The zero-order valence-corrected chi connectivity index (χ0v) is 11.9. The highest BCUT2D eigenvalue weighted by Gasteiger charge is 2.19. The first-order valence-corrected chi connectivity index (χ1v) is 7.35. The summed E-state index contributed by atoms with van der Waals surface area (Å²) in [4.78, 5) is 12.1. The number of hydrogen-bond donors (Lipinski definition) is 2. The van der Waals surface area contributed by atoms with Gasteiger partial charge in [-0.3, -0.25) is 4.79 Å². The van der Waals surface area contributed by atoms with E-state index in [1.807, 2.05) is 0 Å². The maximum atomic E-state index is 12.1. The first kappa shape index (κ1) is 13.7. The molecule has 0 bridgehead atoms. The molecule has 1 aliphatic rings. The standard InChI is InChI=1S/C18H19N2O/c19-17-8-4-3-7-16(17)18(21)20-12-13-9-10-14-5-1-2-6-15(14)11-13/h1-6,8,13H,9-12,19H2,(H,20,21). The van der Waals surface area contributed by atoms with Crippen LogP contribution in [0, 0.1) is 12.0 Å². The third-order valence-corrected chi connectivity index (χ3v) is 4.12. The summed E-state index contributed by atoms with van der Waals surface area (Å²) in [6, 6.07) is 16.7. The summed E-state index contributed by atoms with van der Waals surface area (Å²) in [6.45, 7) is 0.690. The van der Waals surface area contributed by atoms with Gasteiger partial charge in [0.1, 0.15) is 0 Å². The van der Waals surface area contributed by atoms with Gasteiger partial charge in [0.15, 0.2) is 0 Å². The van der Waals surface area contributed by atoms with Crippen molar-refractivity contribution in [2.75, 3.05) is 12.3 Å². The number of nitrogen functional groups attached to an aromatic ring is 1. The molecule has 21 heavy (non-hydrogen) atoms. The number of hydrogen-bond acceptors (Lipinski definition) is 2. The Morgan fingerprint density at radius 3 is 2.86 bits per heavy atom. The van der Waals surface area contributed by atoms with Crippen molar-refractivity contribution in [2.45, 2.75) is 19.3 Å². The van der Waals surface area contributed by atoms with Crippen molar-refractivity contribution in [3.63, 3.8) is 0 Å². The SMILES string of the molecule is Nc1ccc[c]c1C(=O)NCC1CCc2ccccc2C1. The van der Waals surface area contributed by atoms with Gasteiger partial charge in [0.05, 0.1) is 5.56 Å². The van der Waals surface area contributed by atoms with Gasteiger partial charge in [-0.15, -0.1) is 0 Å². The zero-order chi connectivity index (χ0) is 14.7. The molecule has 1 amide bonds. The molecular weight excluding hydrogens is 260 g/mol. The number of nitrogens with two attached hydrogens (primary N) is 1. The van der Waals surface area contributed by atoms with E-state index < -0.39 is 0 Å². The average molecular weight is 279 g/mol. The van der Waals surface area contributed by atoms with E-state index in [1.54, 1.807) is 18.2 Å². The summed E-state index contributed by atoms with van der Waals surface area (Å²) < 4.78 is 0. The molecule has 3 rings (SSSR count). The van der Waals surface area contributed by atoms with E-state index in [0.717, 1.165) is 19.3 Å². The van der Waals surface area contributed by atoms with Gasteiger partial charge < -0.3 is 11.1 Å². The number of aryl methyl sites for hydroxylation is 1. The molecule has 0 saturated heterocycles. The van der Waals surface area contributed by atoms with E-state index >= 15 is 0 Å². The maximum absolute atomic E-state index is 12.1. The lowest BCUT2D eigenvalue weighted by Gasteiger charge is -2.24. The average Bonchev–Trinajstić information content (AvgIpc) is 2.53. The highest BCUT2D eigenvalue weighted by atomic mass is 16.1. The molecule has 2 aromatic rings. The number of amides is 1. The number of rotatable bonds is 3. The van der Waals surface area contributed by atoms with Crippen LogP contribution >= 0.6 is 0 Å². The predicted molar refractivity (Wildman–Crippen MR) is 84.0 cm³/mol. The third kappa shape index (κ3) is 3.07. The van der Waals surface area contributed by atoms with Gasteiger partial charge in [0.25, 0.3) is 5.91 Å². The summed E-state index contributed by atoms with van der Waals surface area (Å²) in [5.74, 6) is 0.362. The monoisotopic (exact) mass is 279 g/mol. The Balaban J connectivity index is 1.59. The van der Waals surface area contributed by atoms with Crippen molar-refractivity contribution in [1.82, 2.24) is 5.32 Å². The van der Waals surface area contributed by atoms with Gasteiger partial charge >= 0.3 is 0 Å². The molecule has 0 heterocycles. The van der Waals surface area contributed by atoms with Crippen LogP contribution in [-0.4, -0.2) is 12.5 Å². The normalized spacial score (nSPS) is 17.0. The molecule has 1 atom stereocenters. The topological polar surface area (TPSA) is 55.1 Å².